The lowest BCUT2D eigenvalue weighted by atomic mass is 10.1. The quantitative estimate of drug-likeness (QED) is 0.689. The summed E-state index contributed by atoms with van der Waals surface area (Å²) in [6.07, 6.45) is 2.41. The topological polar surface area (TPSA) is 29.3 Å². The molecular weight excluding hydrogens is 160 g/mol. The van der Waals surface area contributed by atoms with Crippen LogP contribution in [0.15, 0.2) is 0 Å². The second kappa shape index (κ2) is 6.39. The van der Waals surface area contributed by atoms with Gasteiger partial charge in [0.1, 0.15) is 0 Å². The van der Waals surface area contributed by atoms with E-state index < -0.39 is 0 Å². The van der Waals surface area contributed by atoms with Gasteiger partial charge in [0.2, 0.25) is 0 Å². The molecule has 3 atom stereocenters. The van der Waals surface area contributed by atoms with E-state index in [0.29, 0.717) is 18.1 Å². The van der Waals surface area contributed by atoms with Gasteiger partial charge in [0.05, 0.1) is 0 Å². The van der Waals surface area contributed by atoms with Crippen LogP contribution in [0.5, 0.6) is 0 Å². The van der Waals surface area contributed by atoms with Crippen molar-refractivity contribution in [2.75, 3.05) is 6.54 Å². The molecule has 0 amide bonds. The largest absolute Gasteiger partial charge is 0.329 e. The Morgan fingerprint density at radius 1 is 0.923 bits per heavy atom. The normalized spacial score (nSPS) is 18.7. The van der Waals surface area contributed by atoms with Gasteiger partial charge in [-0.05, 0) is 33.6 Å². The Morgan fingerprint density at radius 2 is 1.31 bits per heavy atom. The molecule has 3 unspecified atom stereocenters. The molecule has 0 aliphatic heterocycles. The zero-order valence-corrected chi connectivity index (χ0v) is 9.88. The Labute approximate surface area is 83.5 Å². The van der Waals surface area contributed by atoms with Crippen molar-refractivity contribution in [3.05, 3.63) is 0 Å². The lowest BCUT2D eigenvalue weighted by Gasteiger charge is -2.38. The summed E-state index contributed by atoms with van der Waals surface area (Å²) in [5.74, 6) is 0. The van der Waals surface area contributed by atoms with Crippen LogP contribution in [0.3, 0.4) is 0 Å². The van der Waals surface area contributed by atoms with Crippen LogP contribution >= 0.6 is 0 Å². The van der Waals surface area contributed by atoms with Crippen molar-refractivity contribution in [1.82, 2.24) is 4.90 Å². The molecule has 0 aromatic heterocycles. The van der Waals surface area contributed by atoms with Crippen molar-refractivity contribution in [2.24, 2.45) is 5.73 Å². The first-order chi connectivity index (χ1) is 6.08. The van der Waals surface area contributed by atoms with Crippen LogP contribution in [0, 0.1) is 0 Å². The van der Waals surface area contributed by atoms with E-state index in [1.165, 1.54) is 12.8 Å². The van der Waals surface area contributed by atoms with Crippen molar-refractivity contribution < 1.29 is 0 Å². The predicted molar refractivity (Wildman–Crippen MR) is 59.9 cm³/mol. The first kappa shape index (κ1) is 12.9. The molecule has 80 valence electrons. The van der Waals surface area contributed by atoms with Crippen molar-refractivity contribution >= 4 is 0 Å². The average molecular weight is 186 g/mol. The number of hydrogen-bond acceptors (Lipinski definition) is 2. The molecule has 2 nitrogen and oxygen atoms in total. The van der Waals surface area contributed by atoms with E-state index >= 15 is 0 Å². The predicted octanol–water partition coefficient (Wildman–Crippen LogP) is 2.23. The van der Waals surface area contributed by atoms with Crippen LogP contribution in [-0.4, -0.2) is 29.6 Å². The third-order valence-corrected chi connectivity index (χ3v) is 3.05. The molecule has 2 heteroatoms. The first-order valence-corrected chi connectivity index (χ1v) is 5.55. The fourth-order valence-electron chi connectivity index (χ4n) is 1.85. The highest BCUT2D eigenvalue weighted by Crippen LogP contribution is 2.14. The summed E-state index contributed by atoms with van der Waals surface area (Å²) >= 11 is 0. The molecule has 0 radical (unpaired) electrons. The zero-order valence-electron chi connectivity index (χ0n) is 9.88. The second-order valence-corrected chi connectivity index (χ2v) is 4.05. The Balaban J connectivity index is 4.34. The van der Waals surface area contributed by atoms with Crippen LogP contribution in [-0.2, 0) is 0 Å². The molecule has 0 aromatic carbocycles. The standard InChI is InChI=1S/C11H26N2/c1-6-9(3)13(10(4)7-2)11(5)8-12/h9-11H,6-8,12H2,1-5H3. The van der Waals surface area contributed by atoms with Crippen molar-refractivity contribution in [2.45, 2.75) is 65.6 Å². The van der Waals surface area contributed by atoms with Gasteiger partial charge in [-0.3, -0.25) is 4.90 Å². The highest BCUT2D eigenvalue weighted by molar-refractivity contribution is 4.78. The van der Waals surface area contributed by atoms with E-state index in [9.17, 15) is 0 Å². The molecule has 0 aliphatic rings. The molecule has 0 fully saturated rings. The molecule has 0 aromatic rings. The van der Waals surface area contributed by atoms with Gasteiger partial charge in [0.15, 0.2) is 0 Å². The average Bonchev–Trinajstić information content (AvgIpc) is 2.16. The van der Waals surface area contributed by atoms with Gasteiger partial charge in [-0.25, -0.2) is 0 Å². The van der Waals surface area contributed by atoms with Gasteiger partial charge < -0.3 is 5.73 Å². The first-order valence-electron chi connectivity index (χ1n) is 5.55. The Kier molecular flexibility index (Phi) is 6.35. The summed E-state index contributed by atoms with van der Waals surface area (Å²) in [6, 6.07) is 1.80. The summed E-state index contributed by atoms with van der Waals surface area (Å²) in [6.45, 7) is 12.0. The second-order valence-electron chi connectivity index (χ2n) is 4.05. The van der Waals surface area contributed by atoms with Gasteiger partial charge >= 0.3 is 0 Å². The smallest absolute Gasteiger partial charge is 0.0195 e. The van der Waals surface area contributed by atoms with E-state index in [1.54, 1.807) is 0 Å². The van der Waals surface area contributed by atoms with Crippen molar-refractivity contribution in [1.29, 1.82) is 0 Å². The number of nitrogens with zero attached hydrogens (tertiary/aromatic N) is 1. The third kappa shape index (κ3) is 3.65. The lowest BCUT2D eigenvalue weighted by Crippen LogP contribution is -2.48. The maximum atomic E-state index is 5.72. The van der Waals surface area contributed by atoms with E-state index in [4.69, 9.17) is 5.73 Å². The van der Waals surface area contributed by atoms with Crippen molar-refractivity contribution in [3.8, 4) is 0 Å². The highest BCUT2D eigenvalue weighted by Gasteiger charge is 2.21. The Bertz CT molecular complexity index is 101. The fourth-order valence-corrected chi connectivity index (χ4v) is 1.85. The van der Waals surface area contributed by atoms with E-state index in [2.05, 4.69) is 39.5 Å². The van der Waals surface area contributed by atoms with Gasteiger partial charge in [-0.2, -0.15) is 0 Å². The summed E-state index contributed by atoms with van der Waals surface area (Å²) in [7, 11) is 0. The molecule has 0 saturated carbocycles. The zero-order chi connectivity index (χ0) is 10.4. The molecule has 0 rings (SSSR count). The van der Waals surface area contributed by atoms with Crippen LogP contribution in [0.25, 0.3) is 0 Å². The Morgan fingerprint density at radius 3 is 1.54 bits per heavy atom. The summed E-state index contributed by atoms with van der Waals surface area (Å²) < 4.78 is 0. The maximum Gasteiger partial charge on any atom is 0.0195 e. The molecule has 0 bridgehead atoms. The summed E-state index contributed by atoms with van der Waals surface area (Å²) in [5, 5.41) is 0. The number of rotatable bonds is 6. The van der Waals surface area contributed by atoms with Crippen LogP contribution < -0.4 is 5.73 Å². The highest BCUT2D eigenvalue weighted by atomic mass is 15.2. The van der Waals surface area contributed by atoms with Crippen LogP contribution in [0.1, 0.15) is 47.5 Å². The lowest BCUT2D eigenvalue weighted by molar-refractivity contribution is 0.102. The molecular formula is C11H26N2. The molecule has 0 aliphatic carbocycles. The van der Waals surface area contributed by atoms with E-state index in [1.807, 2.05) is 0 Å². The van der Waals surface area contributed by atoms with E-state index in [0.717, 1.165) is 6.54 Å². The summed E-state index contributed by atoms with van der Waals surface area (Å²) in [4.78, 5) is 2.54. The molecule has 0 spiro atoms. The molecule has 13 heavy (non-hydrogen) atoms. The number of nitrogens with two attached hydrogens (primary N) is 1. The van der Waals surface area contributed by atoms with Crippen molar-refractivity contribution in [3.63, 3.8) is 0 Å². The minimum Gasteiger partial charge on any atom is -0.329 e. The fraction of sp³-hybridized carbons (Fsp3) is 1.00. The SMILES string of the molecule is CCC(C)N(C(C)CC)C(C)CN. The molecule has 0 heterocycles. The van der Waals surface area contributed by atoms with Crippen LogP contribution in [0.2, 0.25) is 0 Å². The van der Waals surface area contributed by atoms with E-state index in [-0.39, 0.29) is 0 Å². The summed E-state index contributed by atoms with van der Waals surface area (Å²) in [5.41, 5.74) is 5.72. The minimum atomic E-state index is 0.505. The monoisotopic (exact) mass is 186 g/mol. The number of hydrogen-bond donors (Lipinski definition) is 1. The van der Waals surface area contributed by atoms with Gasteiger partial charge in [0.25, 0.3) is 0 Å². The van der Waals surface area contributed by atoms with Gasteiger partial charge in [0, 0.05) is 24.7 Å². The molecule has 2 N–H and O–H groups in total. The minimum absolute atomic E-state index is 0.505. The maximum absolute atomic E-state index is 5.72. The third-order valence-electron chi connectivity index (χ3n) is 3.05. The van der Waals surface area contributed by atoms with Crippen LogP contribution in [0.4, 0.5) is 0 Å². The Hall–Kier alpha value is -0.0800. The van der Waals surface area contributed by atoms with Gasteiger partial charge in [-0.1, -0.05) is 13.8 Å². The molecule has 0 saturated heterocycles. The van der Waals surface area contributed by atoms with Gasteiger partial charge in [-0.15, -0.1) is 0 Å².